The molecule has 138 valence electrons. The van der Waals surface area contributed by atoms with Crippen molar-refractivity contribution in [3.05, 3.63) is 64.4 Å². The lowest BCUT2D eigenvalue weighted by molar-refractivity contribution is -0.463. The first-order chi connectivity index (χ1) is 13.1. The van der Waals surface area contributed by atoms with Gasteiger partial charge in [-0.15, -0.1) is 0 Å². The standard InChI is InChI=1S/C18H16N4O5/c1-26-13-8-6-12(7-9-13)20-17(11-22(24)25)21-19-10-16-14-4-2-3-5-15(14)18(23)27-16/h2-10,23H,11H2,1H3,(H,20,21)/b19-10+. The van der Waals surface area contributed by atoms with E-state index in [1.54, 1.807) is 55.6 Å². The number of aromatic hydroxyl groups is 1. The zero-order valence-corrected chi connectivity index (χ0v) is 14.3. The highest BCUT2D eigenvalue weighted by molar-refractivity contribution is 6.00. The summed E-state index contributed by atoms with van der Waals surface area (Å²) in [5.41, 5.74) is 3.07. The summed E-state index contributed by atoms with van der Waals surface area (Å²) in [6.45, 7) is -0.534. The van der Waals surface area contributed by atoms with E-state index in [0.29, 0.717) is 28.0 Å². The number of fused-ring (bicyclic) bond motifs is 1. The van der Waals surface area contributed by atoms with Crippen LogP contribution in [0.25, 0.3) is 10.8 Å². The van der Waals surface area contributed by atoms with E-state index in [9.17, 15) is 15.2 Å². The van der Waals surface area contributed by atoms with Crippen molar-refractivity contribution in [3.63, 3.8) is 0 Å². The summed E-state index contributed by atoms with van der Waals surface area (Å²) >= 11 is 0. The zero-order chi connectivity index (χ0) is 19.2. The van der Waals surface area contributed by atoms with Crippen LogP contribution in [0.2, 0.25) is 0 Å². The molecule has 3 rings (SSSR count). The molecule has 27 heavy (non-hydrogen) atoms. The summed E-state index contributed by atoms with van der Waals surface area (Å²) < 4.78 is 10.3. The van der Waals surface area contributed by atoms with E-state index in [0.717, 1.165) is 0 Å². The number of benzene rings is 2. The largest absolute Gasteiger partial charge is 0.497 e. The van der Waals surface area contributed by atoms with Crippen molar-refractivity contribution >= 4 is 28.5 Å². The van der Waals surface area contributed by atoms with E-state index in [1.807, 2.05) is 0 Å². The second-order valence-corrected chi connectivity index (χ2v) is 5.43. The van der Waals surface area contributed by atoms with Gasteiger partial charge in [0.15, 0.2) is 11.6 Å². The molecule has 0 fully saturated rings. The number of hydrazone groups is 1. The number of hydrogen-bond acceptors (Lipinski definition) is 7. The van der Waals surface area contributed by atoms with E-state index < -0.39 is 11.5 Å². The first-order valence-corrected chi connectivity index (χ1v) is 7.90. The van der Waals surface area contributed by atoms with Gasteiger partial charge in [-0.25, -0.2) is 4.99 Å². The number of ether oxygens (including phenoxy) is 1. The third-order valence-corrected chi connectivity index (χ3v) is 3.62. The fourth-order valence-electron chi connectivity index (χ4n) is 2.39. The van der Waals surface area contributed by atoms with E-state index in [1.165, 1.54) is 6.21 Å². The highest BCUT2D eigenvalue weighted by Gasteiger charge is 2.11. The lowest BCUT2D eigenvalue weighted by Crippen LogP contribution is -2.26. The molecule has 0 unspecified atom stereocenters. The van der Waals surface area contributed by atoms with E-state index in [2.05, 4.69) is 15.5 Å². The van der Waals surface area contributed by atoms with Crippen molar-refractivity contribution in [1.82, 2.24) is 5.43 Å². The fraction of sp³-hybridized carbons (Fsp3) is 0.111. The summed E-state index contributed by atoms with van der Waals surface area (Å²) in [6, 6.07) is 13.8. The van der Waals surface area contributed by atoms with Crippen molar-refractivity contribution in [2.75, 3.05) is 13.7 Å². The Morgan fingerprint density at radius 1 is 1.26 bits per heavy atom. The lowest BCUT2D eigenvalue weighted by atomic mass is 10.2. The highest BCUT2D eigenvalue weighted by Crippen LogP contribution is 2.29. The number of aliphatic imine (C=N–C) groups is 1. The van der Waals surface area contributed by atoms with Crippen molar-refractivity contribution in [3.8, 4) is 11.7 Å². The van der Waals surface area contributed by atoms with Crippen LogP contribution in [-0.4, -0.2) is 35.7 Å². The molecule has 2 N–H and O–H groups in total. The number of rotatable bonds is 6. The molecular weight excluding hydrogens is 352 g/mol. The molecule has 2 aromatic carbocycles. The molecule has 0 aliphatic rings. The van der Waals surface area contributed by atoms with Gasteiger partial charge in [-0.1, -0.05) is 18.2 Å². The van der Waals surface area contributed by atoms with Gasteiger partial charge in [0.2, 0.25) is 0 Å². The van der Waals surface area contributed by atoms with Gasteiger partial charge in [0, 0.05) is 10.3 Å². The van der Waals surface area contributed by atoms with Crippen LogP contribution in [0.4, 0.5) is 5.69 Å². The van der Waals surface area contributed by atoms with Gasteiger partial charge in [-0.05, 0) is 30.3 Å². The fourth-order valence-corrected chi connectivity index (χ4v) is 2.39. The van der Waals surface area contributed by atoms with Gasteiger partial charge in [0.05, 0.1) is 24.4 Å². The SMILES string of the molecule is COc1ccc(N=C(C[N+](=O)[O-])N/N=C/c2oc(O)c3ccccc23)cc1. The summed E-state index contributed by atoms with van der Waals surface area (Å²) in [4.78, 5) is 14.5. The molecule has 0 atom stereocenters. The Morgan fingerprint density at radius 2 is 1.96 bits per heavy atom. The Kier molecular flexibility index (Phi) is 5.31. The Balaban J connectivity index is 1.80. The predicted molar refractivity (Wildman–Crippen MR) is 101 cm³/mol. The first-order valence-electron chi connectivity index (χ1n) is 7.90. The van der Waals surface area contributed by atoms with Gasteiger partial charge >= 0.3 is 0 Å². The van der Waals surface area contributed by atoms with Crippen LogP contribution < -0.4 is 10.2 Å². The molecule has 0 saturated heterocycles. The number of nitrogens with zero attached hydrogens (tertiary/aromatic N) is 3. The molecule has 3 aromatic rings. The lowest BCUT2D eigenvalue weighted by Gasteiger charge is -2.03. The maximum atomic E-state index is 10.9. The van der Waals surface area contributed by atoms with Crippen LogP contribution in [0.15, 0.2) is 63.0 Å². The minimum atomic E-state index is -0.534. The molecule has 0 bridgehead atoms. The van der Waals surface area contributed by atoms with Crippen LogP contribution in [0.1, 0.15) is 5.76 Å². The summed E-state index contributed by atoms with van der Waals surface area (Å²) in [6.07, 6.45) is 1.32. The van der Waals surface area contributed by atoms with Crippen molar-refractivity contribution in [2.24, 2.45) is 10.1 Å². The first kappa shape index (κ1) is 17.9. The van der Waals surface area contributed by atoms with Gasteiger partial charge < -0.3 is 14.3 Å². The Morgan fingerprint density at radius 3 is 2.63 bits per heavy atom. The minimum absolute atomic E-state index is 0.0431. The molecule has 0 saturated carbocycles. The van der Waals surface area contributed by atoms with E-state index in [-0.39, 0.29) is 11.8 Å². The molecule has 0 aliphatic carbocycles. The smallest absolute Gasteiger partial charge is 0.290 e. The van der Waals surface area contributed by atoms with Crippen molar-refractivity contribution in [2.45, 2.75) is 0 Å². The average molecular weight is 368 g/mol. The molecule has 0 radical (unpaired) electrons. The molecule has 0 spiro atoms. The monoisotopic (exact) mass is 368 g/mol. The number of amidine groups is 1. The van der Waals surface area contributed by atoms with Crippen LogP contribution in [0.3, 0.4) is 0 Å². The second kappa shape index (κ2) is 8.00. The summed E-state index contributed by atoms with van der Waals surface area (Å²) in [5.74, 6) is 0.798. The van der Waals surface area contributed by atoms with Crippen molar-refractivity contribution < 1.29 is 19.2 Å². The molecule has 1 aromatic heterocycles. The molecule has 1 heterocycles. The van der Waals surface area contributed by atoms with E-state index >= 15 is 0 Å². The minimum Gasteiger partial charge on any atom is -0.497 e. The second-order valence-electron chi connectivity index (χ2n) is 5.43. The Hall–Kier alpha value is -3.88. The predicted octanol–water partition coefficient (Wildman–Crippen LogP) is 3.08. The van der Waals surface area contributed by atoms with Crippen LogP contribution in [0, 0.1) is 10.1 Å². The van der Waals surface area contributed by atoms with Gasteiger partial charge in [-0.3, -0.25) is 15.5 Å². The van der Waals surface area contributed by atoms with Gasteiger partial charge in [-0.2, -0.15) is 5.10 Å². The van der Waals surface area contributed by atoms with Crippen LogP contribution in [-0.2, 0) is 0 Å². The molecular formula is C18H16N4O5. The summed E-state index contributed by atoms with van der Waals surface area (Å²) in [7, 11) is 1.54. The number of nitro groups is 1. The van der Waals surface area contributed by atoms with E-state index in [4.69, 9.17) is 9.15 Å². The maximum absolute atomic E-state index is 10.9. The normalized spacial score (nSPS) is 11.8. The van der Waals surface area contributed by atoms with Gasteiger partial charge in [0.25, 0.3) is 12.5 Å². The molecule has 9 nitrogen and oxygen atoms in total. The average Bonchev–Trinajstić information content (AvgIpc) is 2.98. The number of methoxy groups -OCH3 is 1. The Labute approximate surface area is 153 Å². The van der Waals surface area contributed by atoms with Crippen LogP contribution >= 0.6 is 0 Å². The summed E-state index contributed by atoms with van der Waals surface area (Å²) in [5, 5.41) is 25.8. The third-order valence-electron chi connectivity index (χ3n) is 3.62. The molecule has 0 amide bonds. The number of hydrogen-bond donors (Lipinski definition) is 2. The Bertz CT molecular complexity index is 1010. The molecule has 0 aliphatic heterocycles. The quantitative estimate of drug-likeness (QED) is 0.298. The van der Waals surface area contributed by atoms with Crippen LogP contribution in [0.5, 0.6) is 11.7 Å². The number of furan rings is 1. The molecule has 9 heteroatoms. The van der Waals surface area contributed by atoms with Gasteiger partial charge in [0.1, 0.15) is 5.75 Å². The number of nitrogens with one attached hydrogen (secondary N) is 1. The van der Waals surface area contributed by atoms with Crippen molar-refractivity contribution in [1.29, 1.82) is 0 Å². The maximum Gasteiger partial charge on any atom is 0.290 e. The third kappa shape index (κ3) is 4.40. The topological polar surface area (TPSA) is 122 Å². The zero-order valence-electron chi connectivity index (χ0n) is 14.3. The highest BCUT2D eigenvalue weighted by atomic mass is 16.6.